The monoisotopic (exact) mass is 328 g/mol. The Morgan fingerprint density at radius 2 is 1.83 bits per heavy atom. The lowest BCUT2D eigenvalue weighted by Crippen LogP contribution is -2.01. The fourth-order valence-electron chi connectivity index (χ4n) is 2.95. The molecule has 4 nitrogen and oxygen atoms in total. The fraction of sp³-hybridized carbons (Fsp3) is 0.111. The van der Waals surface area contributed by atoms with Crippen molar-refractivity contribution < 1.29 is 18.6 Å². The Labute approximate surface area is 136 Å². The van der Waals surface area contributed by atoms with E-state index in [-0.39, 0.29) is 11.6 Å². The topological polar surface area (TPSA) is 39.3 Å². The summed E-state index contributed by atoms with van der Waals surface area (Å²) in [5.41, 5.74) is 1.82. The average Bonchev–Trinajstić information content (AvgIpc) is 3.08. The third-order valence-electron chi connectivity index (χ3n) is 4.14. The van der Waals surface area contributed by atoms with Gasteiger partial charge in [0.25, 0.3) is 0 Å². The largest absolute Gasteiger partial charge is 0.494 e. The molecule has 0 aliphatic rings. The van der Waals surface area contributed by atoms with Crippen molar-refractivity contribution in [1.82, 2.24) is 9.13 Å². The van der Waals surface area contributed by atoms with Gasteiger partial charge in [-0.3, -0.25) is 4.57 Å². The molecule has 0 amide bonds. The molecule has 0 spiro atoms. The van der Waals surface area contributed by atoms with Gasteiger partial charge in [-0.15, -0.1) is 0 Å². The van der Waals surface area contributed by atoms with Crippen LogP contribution in [0.15, 0.2) is 54.9 Å². The summed E-state index contributed by atoms with van der Waals surface area (Å²) in [6, 6.07) is 12.4. The summed E-state index contributed by atoms with van der Waals surface area (Å²) in [5, 5.41) is 12.8. The zero-order chi connectivity index (χ0) is 16.8. The summed E-state index contributed by atoms with van der Waals surface area (Å²) in [6.45, 7) is -2.90. The second kappa shape index (κ2) is 5.26. The average molecular weight is 328 g/mol. The quantitative estimate of drug-likeness (QED) is 0.604. The van der Waals surface area contributed by atoms with E-state index in [4.69, 9.17) is 0 Å². The smallest absolute Gasteiger partial charge is 0.387 e. The summed E-state index contributed by atoms with van der Waals surface area (Å²) >= 11 is 0. The number of fused-ring (bicyclic) bond motifs is 2. The minimum absolute atomic E-state index is 0.0155. The summed E-state index contributed by atoms with van der Waals surface area (Å²) in [5.74, 6) is 0.00159. The van der Waals surface area contributed by atoms with Crippen LogP contribution in [0.1, 0.15) is 0 Å². The highest BCUT2D eigenvalue weighted by Crippen LogP contribution is 2.34. The second-order valence-corrected chi connectivity index (χ2v) is 5.62. The van der Waals surface area contributed by atoms with E-state index in [2.05, 4.69) is 4.74 Å². The molecular formula is C18H14F2N2O2. The maximum absolute atomic E-state index is 12.4. The molecule has 0 atom stereocenters. The van der Waals surface area contributed by atoms with Crippen molar-refractivity contribution in [3.05, 3.63) is 54.9 Å². The van der Waals surface area contributed by atoms with Gasteiger partial charge in [0, 0.05) is 35.7 Å². The van der Waals surface area contributed by atoms with E-state index in [1.165, 1.54) is 12.1 Å². The predicted molar refractivity (Wildman–Crippen MR) is 88.0 cm³/mol. The number of halogens is 2. The highest BCUT2D eigenvalue weighted by Gasteiger charge is 2.13. The Hall–Kier alpha value is -3.02. The predicted octanol–water partition coefficient (Wildman–Crippen LogP) is 4.43. The van der Waals surface area contributed by atoms with E-state index in [0.29, 0.717) is 5.39 Å². The van der Waals surface area contributed by atoms with E-state index in [9.17, 15) is 13.9 Å². The normalized spacial score (nSPS) is 11.7. The Balaban J connectivity index is 1.85. The van der Waals surface area contributed by atoms with Crippen molar-refractivity contribution >= 4 is 21.7 Å². The van der Waals surface area contributed by atoms with Gasteiger partial charge in [-0.05, 0) is 41.8 Å². The van der Waals surface area contributed by atoms with Gasteiger partial charge in [0.15, 0.2) is 0 Å². The molecule has 0 radical (unpaired) electrons. The molecule has 4 aromatic rings. The van der Waals surface area contributed by atoms with Crippen LogP contribution in [0.4, 0.5) is 8.78 Å². The molecule has 1 N–H and O–H groups in total. The Morgan fingerprint density at radius 1 is 1.04 bits per heavy atom. The molecule has 0 fully saturated rings. The highest BCUT2D eigenvalue weighted by molar-refractivity contribution is 5.90. The van der Waals surface area contributed by atoms with Gasteiger partial charge in [0.2, 0.25) is 5.88 Å². The molecule has 2 aromatic carbocycles. The van der Waals surface area contributed by atoms with E-state index >= 15 is 0 Å². The Kier molecular flexibility index (Phi) is 3.19. The number of aromatic hydroxyl groups is 1. The van der Waals surface area contributed by atoms with Crippen LogP contribution in [0.2, 0.25) is 0 Å². The molecule has 24 heavy (non-hydrogen) atoms. The number of benzene rings is 2. The molecule has 122 valence electrons. The van der Waals surface area contributed by atoms with Crippen molar-refractivity contribution in [1.29, 1.82) is 0 Å². The van der Waals surface area contributed by atoms with Gasteiger partial charge in [0.05, 0.1) is 5.69 Å². The SMILES string of the molecule is Cn1ccc2ccc(-n3cc4ccc(OC(F)F)cc4c3O)cc21. The van der Waals surface area contributed by atoms with Gasteiger partial charge >= 0.3 is 6.61 Å². The van der Waals surface area contributed by atoms with Crippen molar-refractivity contribution in [3.63, 3.8) is 0 Å². The lowest BCUT2D eigenvalue weighted by atomic mass is 10.2. The van der Waals surface area contributed by atoms with Crippen LogP contribution in [0.3, 0.4) is 0 Å². The number of ether oxygens (including phenoxy) is 1. The summed E-state index contributed by atoms with van der Waals surface area (Å²) in [6.07, 6.45) is 3.73. The molecule has 0 saturated carbocycles. The maximum Gasteiger partial charge on any atom is 0.387 e. The molecule has 0 aliphatic carbocycles. The highest BCUT2D eigenvalue weighted by atomic mass is 19.3. The number of rotatable bonds is 3. The van der Waals surface area contributed by atoms with Crippen LogP contribution in [-0.4, -0.2) is 20.9 Å². The molecule has 0 saturated heterocycles. The Morgan fingerprint density at radius 3 is 2.62 bits per heavy atom. The molecule has 2 heterocycles. The molecule has 4 rings (SSSR count). The summed E-state index contributed by atoms with van der Waals surface area (Å²) < 4.78 is 32.7. The molecular weight excluding hydrogens is 314 g/mol. The molecule has 0 aliphatic heterocycles. The number of alkyl halides is 2. The summed E-state index contributed by atoms with van der Waals surface area (Å²) in [7, 11) is 1.95. The maximum atomic E-state index is 12.4. The number of hydrogen-bond donors (Lipinski definition) is 1. The van der Waals surface area contributed by atoms with E-state index in [1.54, 1.807) is 16.8 Å². The van der Waals surface area contributed by atoms with Crippen LogP contribution < -0.4 is 4.74 Å². The van der Waals surface area contributed by atoms with E-state index in [0.717, 1.165) is 22.0 Å². The fourth-order valence-corrected chi connectivity index (χ4v) is 2.95. The first-order valence-electron chi connectivity index (χ1n) is 7.37. The minimum atomic E-state index is -2.90. The Bertz CT molecular complexity index is 1050. The zero-order valence-electron chi connectivity index (χ0n) is 12.8. The number of aryl methyl sites for hydroxylation is 1. The first-order chi connectivity index (χ1) is 11.5. The van der Waals surface area contributed by atoms with Crippen LogP contribution in [0, 0.1) is 0 Å². The minimum Gasteiger partial charge on any atom is -0.494 e. The lowest BCUT2D eigenvalue weighted by molar-refractivity contribution is -0.0497. The van der Waals surface area contributed by atoms with Crippen LogP contribution in [0.5, 0.6) is 11.6 Å². The third kappa shape index (κ3) is 2.27. The number of hydrogen-bond acceptors (Lipinski definition) is 2. The van der Waals surface area contributed by atoms with Crippen LogP contribution >= 0.6 is 0 Å². The van der Waals surface area contributed by atoms with Gasteiger partial charge in [-0.2, -0.15) is 8.78 Å². The van der Waals surface area contributed by atoms with Gasteiger partial charge in [0.1, 0.15) is 5.75 Å². The van der Waals surface area contributed by atoms with Crippen molar-refractivity contribution in [2.75, 3.05) is 0 Å². The molecule has 0 bridgehead atoms. The molecule has 0 unspecified atom stereocenters. The molecule has 6 heteroatoms. The summed E-state index contributed by atoms with van der Waals surface area (Å²) in [4.78, 5) is 0. The second-order valence-electron chi connectivity index (χ2n) is 5.62. The van der Waals surface area contributed by atoms with Crippen molar-refractivity contribution in [2.24, 2.45) is 7.05 Å². The first kappa shape index (κ1) is 14.6. The number of nitrogens with zero attached hydrogens (tertiary/aromatic N) is 2. The van der Waals surface area contributed by atoms with E-state index < -0.39 is 6.61 Å². The van der Waals surface area contributed by atoms with Gasteiger partial charge in [-0.1, -0.05) is 6.07 Å². The first-order valence-corrected chi connectivity index (χ1v) is 7.37. The van der Waals surface area contributed by atoms with Crippen molar-refractivity contribution in [3.8, 4) is 17.3 Å². The zero-order valence-corrected chi connectivity index (χ0v) is 12.8. The number of aromatic nitrogens is 2. The van der Waals surface area contributed by atoms with Gasteiger partial charge in [-0.25, -0.2) is 0 Å². The van der Waals surface area contributed by atoms with Crippen molar-refractivity contribution in [2.45, 2.75) is 6.61 Å². The van der Waals surface area contributed by atoms with E-state index in [1.807, 2.05) is 42.1 Å². The molecule has 2 aromatic heterocycles. The lowest BCUT2D eigenvalue weighted by Gasteiger charge is -2.06. The standard InChI is InChI=1S/C18H14F2N2O2/c1-21-7-6-11-2-4-13(8-16(11)21)22-10-12-3-5-14(24-18(19)20)9-15(12)17(22)23/h2-10,18,23H,1H3. The van der Waals surface area contributed by atoms with Crippen LogP contribution in [-0.2, 0) is 7.05 Å². The van der Waals surface area contributed by atoms with Crippen LogP contribution in [0.25, 0.3) is 27.4 Å². The van der Waals surface area contributed by atoms with Gasteiger partial charge < -0.3 is 14.4 Å². The third-order valence-corrected chi connectivity index (χ3v) is 4.14.